The van der Waals surface area contributed by atoms with Crippen molar-refractivity contribution in [2.24, 2.45) is 0 Å². The van der Waals surface area contributed by atoms with Gasteiger partial charge in [-0.1, -0.05) is 186 Å². The average Bonchev–Trinajstić information content (AvgIpc) is 1.76. The Morgan fingerprint density at radius 2 is 0.545 bits per heavy atom. The van der Waals surface area contributed by atoms with E-state index in [2.05, 4.69) is 210 Å². The molecule has 8 aliphatic rings. The molecule has 674 valence electrons. The van der Waals surface area contributed by atoms with Crippen LogP contribution in [0.3, 0.4) is 0 Å². The van der Waals surface area contributed by atoms with Crippen LogP contribution >= 0.6 is 11.8 Å². The monoisotopic (exact) mass is 1710 g/mol. The van der Waals surface area contributed by atoms with Crippen molar-refractivity contribution in [1.82, 2.24) is 0 Å². The molecule has 8 heterocycles. The highest BCUT2D eigenvalue weighted by Crippen LogP contribution is 2.32. The number of benzene rings is 8. The van der Waals surface area contributed by atoms with E-state index in [1.807, 2.05) is 19.9 Å². The Morgan fingerprint density at radius 1 is 0.236 bits per heavy atom. The van der Waals surface area contributed by atoms with Crippen LogP contribution in [0.5, 0.6) is 0 Å². The smallest absolute Gasteiger partial charge is 0.149 e. The number of piperidine rings is 1. The van der Waals surface area contributed by atoms with Crippen LogP contribution in [0.1, 0.15) is 196 Å². The number of para-hydroxylation sites is 2. The quantitative estimate of drug-likeness (QED) is 0.0540. The molecule has 12 nitrogen and oxygen atoms in total. The summed E-state index contributed by atoms with van der Waals surface area (Å²) in [6.07, 6.45) is 25.7. The highest BCUT2D eigenvalue weighted by molar-refractivity contribution is 7.99. The van der Waals surface area contributed by atoms with Crippen LogP contribution in [-0.4, -0.2) is 169 Å². The molecule has 0 amide bonds. The number of aryl methyl sites for hydroxylation is 8. The molecule has 0 spiro atoms. The third kappa shape index (κ3) is 33.4. The van der Waals surface area contributed by atoms with Gasteiger partial charge in [0.05, 0.1) is 52.9 Å². The normalized spacial score (nSPS) is 16.5. The van der Waals surface area contributed by atoms with Gasteiger partial charge in [-0.05, 0) is 226 Å². The van der Waals surface area contributed by atoms with Crippen molar-refractivity contribution in [2.75, 3.05) is 208 Å². The number of hydrogen-bond donors (Lipinski definition) is 0. The minimum Gasteiger partial charge on any atom is -0.378 e. The molecule has 0 unspecified atom stereocenters. The summed E-state index contributed by atoms with van der Waals surface area (Å²) < 4.78 is 90.4. The van der Waals surface area contributed by atoms with E-state index in [9.17, 15) is 22.0 Å². The number of ether oxygens (including phenoxy) is 4. The summed E-state index contributed by atoms with van der Waals surface area (Å²) in [6, 6.07) is 56.1. The molecule has 0 saturated carbocycles. The van der Waals surface area contributed by atoms with Gasteiger partial charge in [-0.2, -0.15) is 11.8 Å². The van der Waals surface area contributed by atoms with Crippen LogP contribution in [-0.2, 0) is 70.3 Å². The van der Waals surface area contributed by atoms with E-state index < -0.39 is 23.3 Å². The highest BCUT2D eigenvalue weighted by atomic mass is 32.2. The van der Waals surface area contributed by atoms with E-state index in [4.69, 9.17) is 18.9 Å². The first-order valence-electron chi connectivity index (χ1n) is 47.3. The maximum atomic E-state index is 13.9. The van der Waals surface area contributed by atoms with E-state index in [0.717, 1.165) is 172 Å². The number of nitrogens with zero attached hydrogens (tertiary/aromatic N) is 8. The lowest BCUT2D eigenvalue weighted by Crippen LogP contribution is -2.37. The van der Waals surface area contributed by atoms with Gasteiger partial charge >= 0.3 is 0 Å². The molecule has 0 atom stereocenters. The number of halogens is 5. The first-order valence-corrected chi connectivity index (χ1v) is 48.5. The summed E-state index contributed by atoms with van der Waals surface area (Å²) in [5.74, 6) is 0.763. The van der Waals surface area contributed by atoms with Gasteiger partial charge in [0.1, 0.15) is 40.5 Å². The van der Waals surface area contributed by atoms with Gasteiger partial charge < -0.3 is 58.1 Å². The van der Waals surface area contributed by atoms with Crippen LogP contribution in [0.25, 0.3) is 0 Å². The number of anilines is 8. The zero-order valence-corrected chi connectivity index (χ0v) is 77.1. The van der Waals surface area contributed by atoms with Crippen molar-refractivity contribution >= 4 is 57.3 Å². The van der Waals surface area contributed by atoms with Crippen LogP contribution in [0, 0.1) is 29.1 Å². The van der Waals surface area contributed by atoms with Crippen molar-refractivity contribution in [3.8, 4) is 0 Å². The van der Waals surface area contributed by atoms with Gasteiger partial charge in [-0.25, -0.2) is 22.0 Å². The van der Waals surface area contributed by atoms with E-state index in [1.54, 1.807) is 15.9 Å². The van der Waals surface area contributed by atoms with Crippen LogP contribution in [0.2, 0.25) is 0 Å². The zero-order chi connectivity index (χ0) is 87.0. The lowest BCUT2D eigenvalue weighted by molar-refractivity contribution is 0.122. The molecule has 0 radical (unpaired) electrons. The number of thioether (sulfide) groups is 1. The first kappa shape index (κ1) is 98.8. The van der Waals surface area contributed by atoms with E-state index in [0.29, 0.717) is 32.7 Å². The molecule has 8 aliphatic heterocycles. The fourth-order valence-corrected chi connectivity index (χ4v) is 18.0. The van der Waals surface area contributed by atoms with Crippen molar-refractivity contribution in [2.45, 2.75) is 203 Å². The number of rotatable bonds is 24. The molecule has 0 aromatic heterocycles. The van der Waals surface area contributed by atoms with Gasteiger partial charge in [0.15, 0.2) is 0 Å². The summed E-state index contributed by atoms with van der Waals surface area (Å²) in [7, 11) is 0. The summed E-state index contributed by atoms with van der Waals surface area (Å²) >= 11 is 2.06. The summed E-state index contributed by atoms with van der Waals surface area (Å²) in [5.41, 5.74) is 17.9. The van der Waals surface area contributed by atoms with Crippen molar-refractivity contribution in [3.63, 3.8) is 0 Å². The Balaban J connectivity index is 0.000000160. The molecule has 0 aliphatic carbocycles. The Morgan fingerprint density at radius 3 is 0.967 bits per heavy atom. The molecule has 0 bridgehead atoms. The predicted molar refractivity (Wildman–Crippen MR) is 514 cm³/mol. The summed E-state index contributed by atoms with van der Waals surface area (Å²) in [6.45, 7) is 39.3. The lowest BCUT2D eigenvalue weighted by atomic mass is 10.1. The first-order chi connectivity index (χ1) is 60.3. The predicted octanol–water partition coefficient (Wildman–Crippen LogP) is 23.9. The van der Waals surface area contributed by atoms with Crippen LogP contribution in [0.15, 0.2) is 164 Å². The van der Waals surface area contributed by atoms with E-state index >= 15 is 0 Å². The molecule has 123 heavy (non-hydrogen) atoms. The topological polar surface area (TPSA) is 62.8 Å². The van der Waals surface area contributed by atoms with Crippen molar-refractivity contribution in [3.05, 3.63) is 237 Å². The Hall–Kier alpha value is -8.00. The minimum atomic E-state index is -0.463. The molecular weight excluding hydrogens is 1560 g/mol. The standard InChI is InChI=1S/C14H20FN.C13H17F2NO.C13H17F2N.3C13H19NO.C13H19NS.C13H19N/c1-2-6-12-7-8-13(11-14(12)15)16-9-4-3-5-10-16;1-2-3-10-8-11(14)13(12(15)9-10)16-4-6-17-7-5-16;1-2-5-10-8-11(14)13(12(15)9-10)16-6-3-4-7-16;1-2-5-12-6-3-4-7-13(12)14-8-10-15-11-9-14;1-2-4-12-5-3-6-13(11-12)14-7-9-15-10-8-14;2*1-2-3-12-4-6-13(7-5-12)14-8-10-15-11-9-14;1-2-7-12-8-3-4-9-13(12)14-10-5-6-11-14/h7-8,11H,2-6,9-10H2,1H3;8-9H,2-7H2,1H3;8-9H,2-7H2,1H3;3-4,6-7H,2,5,8-11H2,1H3;3,5-6,11H,2,4,7-10H2,1H3;2*4-7H,2-3,8-11H2,1H3;3-4,8-9H,2,5-7,10-11H2,1H3. The maximum absolute atomic E-state index is 13.9. The molecule has 8 saturated heterocycles. The third-order valence-corrected chi connectivity index (χ3v) is 24.5. The molecule has 18 heteroatoms. The van der Waals surface area contributed by atoms with Gasteiger partial charge in [0, 0.05) is 150 Å². The summed E-state index contributed by atoms with van der Waals surface area (Å²) in [5, 5.41) is 0. The van der Waals surface area contributed by atoms with Crippen molar-refractivity contribution < 1.29 is 40.9 Å². The zero-order valence-electron chi connectivity index (χ0n) is 76.2. The van der Waals surface area contributed by atoms with Crippen molar-refractivity contribution in [1.29, 1.82) is 0 Å². The minimum absolute atomic E-state index is 0.0371. The highest BCUT2D eigenvalue weighted by Gasteiger charge is 2.24. The second-order valence-corrected chi connectivity index (χ2v) is 34.5. The summed E-state index contributed by atoms with van der Waals surface area (Å²) in [4.78, 5) is 18.1. The Labute approximate surface area is 742 Å². The maximum Gasteiger partial charge on any atom is 0.149 e. The Kier molecular flexibility index (Phi) is 45.7. The number of hydrogen-bond acceptors (Lipinski definition) is 13. The van der Waals surface area contributed by atoms with Gasteiger partial charge in [0.2, 0.25) is 0 Å². The fourth-order valence-electron chi connectivity index (χ4n) is 17.1. The van der Waals surface area contributed by atoms with Crippen LogP contribution < -0.4 is 39.2 Å². The number of morpholine rings is 4. The SMILES string of the molecule is CCCc1cc(F)c(N2CCCC2)c(F)c1.CCCc1cc(F)c(N2CCOCC2)c(F)c1.CCCc1ccc(N2CCCCC2)cc1F.CCCc1ccc(N2CCOCC2)cc1.CCCc1ccc(N2CCSCC2)cc1.CCCc1cccc(N2CCOCC2)c1.CCCc1ccccc1N1CCCC1.CCCc1ccccc1N1CCOCC1. The molecule has 16 rings (SSSR count). The molecule has 0 N–H and O–H groups in total. The van der Waals surface area contributed by atoms with Gasteiger partial charge in [-0.3, -0.25) is 0 Å². The fraction of sp³-hybridized carbons (Fsp3) is 0.543. The van der Waals surface area contributed by atoms with Gasteiger partial charge in [0.25, 0.3) is 0 Å². The van der Waals surface area contributed by atoms with E-state index in [1.165, 1.54) is 215 Å². The largest absolute Gasteiger partial charge is 0.378 e. The molecule has 8 aromatic rings. The Bertz CT molecular complexity index is 4080. The molecule has 8 aromatic carbocycles. The molecular formula is C105H149F5N8O4S. The second-order valence-electron chi connectivity index (χ2n) is 33.3. The van der Waals surface area contributed by atoms with E-state index in [-0.39, 0.29) is 17.2 Å². The van der Waals surface area contributed by atoms with Crippen LogP contribution in [0.4, 0.5) is 67.5 Å². The average molecular weight is 1710 g/mol. The lowest BCUT2D eigenvalue weighted by Gasteiger charge is -2.30. The van der Waals surface area contributed by atoms with Gasteiger partial charge in [-0.15, -0.1) is 0 Å². The molecule has 8 fully saturated rings. The third-order valence-electron chi connectivity index (χ3n) is 23.6. The second kappa shape index (κ2) is 56.9.